The average molecular weight is 393 g/mol. The molecule has 1 aromatic heterocycles. The van der Waals surface area contributed by atoms with Gasteiger partial charge in [0.15, 0.2) is 0 Å². The Morgan fingerprint density at radius 2 is 2.00 bits per heavy atom. The summed E-state index contributed by atoms with van der Waals surface area (Å²) < 4.78 is 26.7. The quantitative estimate of drug-likeness (QED) is 0.510. The van der Waals surface area contributed by atoms with Gasteiger partial charge in [-0.3, -0.25) is 9.59 Å². The number of nitrogens with zero attached hydrogens (tertiary/aromatic N) is 1. The van der Waals surface area contributed by atoms with Crippen LogP contribution in [0.1, 0.15) is 35.5 Å². The Morgan fingerprint density at radius 1 is 1.26 bits per heavy atom. The SMILES string of the molecule is CCc1n[nH]c(=O)c(C(=O)Nc2cccc(S(=O)(=O)NCCN)c2)c1CC. The number of carbonyl (C=O) groups excluding carboxylic acids is 1. The minimum absolute atomic E-state index is 0.0117. The third kappa shape index (κ3) is 4.79. The number of aryl methyl sites for hydroxylation is 1. The molecule has 0 aliphatic carbocycles. The zero-order chi connectivity index (χ0) is 20.0. The highest BCUT2D eigenvalue weighted by molar-refractivity contribution is 7.89. The van der Waals surface area contributed by atoms with Gasteiger partial charge in [-0.25, -0.2) is 18.2 Å². The summed E-state index contributed by atoms with van der Waals surface area (Å²) >= 11 is 0. The highest BCUT2D eigenvalue weighted by atomic mass is 32.2. The van der Waals surface area contributed by atoms with Crippen molar-refractivity contribution < 1.29 is 13.2 Å². The molecule has 1 aromatic carbocycles. The lowest BCUT2D eigenvalue weighted by Gasteiger charge is -2.12. The molecule has 1 heterocycles. The van der Waals surface area contributed by atoms with Gasteiger partial charge in [0.1, 0.15) is 5.56 Å². The minimum atomic E-state index is -3.74. The Morgan fingerprint density at radius 3 is 2.63 bits per heavy atom. The van der Waals surface area contributed by atoms with Crippen molar-refractivity contribution in [3.05, 3.63) is 51.4 Å². The molecule has 0 atom stereocenters. The molecule has 0 unspecified atom stereocenters. The van der Waals surface area contributed by atoms with E-state index in [1.54, 1.807) is 6.07 Å². The number of hydrogen-bond donors (Lipinski definition) is 4. The maximum Gasteiger partial charge on any atom is 0.277 e. The lowest BCUT2D eigenvalue weighted by atomic mass is 10.0. The van der Waals surface area contributed by atoms with Crippen molar-refractivity contribution in [2.24, 2.45) is 5.73 Å². The van der Waals surface area contributed by atoms with Crippen LogP contribution < -0.4 is 21.3 Å². The van der Waals surface area contributed by atoms with Crippen LogP contribution in [0.5, 0.6) is 0 Å². The van der Waals surface area contributed by atoms with Crippen molar-refractivity contribution in [1.29, 1.82) is 0 Å². The van der Waals surface area contributed by atoms with Crippen molar-refractivity contribution in [1.82, 2.24) is 14.9 Å². The number of sulfonamides is 1. The van der Waals surface area contributed by atoms with Gasteiger partial charge in [0.05, 0.1) is 10.6 Å². The average Bonchev–Trinajstić information content (AvgIpc) is 2.66. The first-order valence-corrected chi connectivity index (χ1v) is 10.0. The predicted molar refractivity (Wildman–Crippen MR) is 102 cm³/mol. The summed E-state index contributed by atoms with van der Waals surface area (Å²) in [5, 5.41) is 8.90. The van der Waals surface area contributed by atoms with Crippen molar-refractivity contribution in [2.45, 2.75) is 31.6 Å². The molecule has 0 radical (unpaired) electrons. The standard InChI is InChI=1S/C17H23N5O4S/c1-3-13-14(4-2)21-22-17(24)15(13)16(23)20-11-6-5-7-12(10-11)27(25,26)19-9-8-18/h5-7,10,19H,3-4,8-9,18H2,1-2H3,(H,20,23)(H,22,24). The summed E-state index contributed by atoms with van der Waals surface area (Å²) in [5.74, 6) is -0.616. The van der Waals surface area contributed by atoms with Gasteiger partial charge in [-0.1, -0.05) is 19.9 Å². The second-order valence-corrected chi connectivity index (χ2v) is 7.50. The first-order valence-electron chi connectivity index (χ1n) is 8.55. The van der Waals surface area contributed by atoms with Crippen LogP contribution in [0.25, 0.3) is 0 Å². The van der Waals surface area contributed by atoms with Crippen LogP contribution in [-0.2, 0) is 22.9 Å². The number of carbonyl (C=O) groups is 1. The van der Waals surface area contributed by atoms with Crippen LogP contribution in [0.2, 0.25) is 0 Å². The van der Waals surface area contributed by atoms with E-state index in [4.69, 9.17) is 5.73 Å². The van der Waals surface area contributed by atoms with Gasteiger partial charge in [0, 0.05) is 18.8 Å². The second-order valence-electron chi connectivity index (χ2n) is 5.73. The molecule has 5 N–H and O–H groups in total. The molecule has 146 valence electrons. The van der Waals surface area contributed by atoms with Crippen molar-refractivity contribution in [3.8, 4) is 0 Å². The van der Waals surface area contributed by atoms with Gasteiger partial charge in [0.25, 0.3) is 11.5 Å². The number of amides is 1. The zero-order valence-electron chi connectivity index (χ0n) is 15.2. The fourth-order valence-electron chi connectivity index (χ4n) is 2.65. The van der Waals surface area contributed by atoms with E-state index in [0.29, 0.717) is 24.1 Å². The van der Waals surface area contributed by atoms with Gasteiger partial charge in [-0.2, -0.15) is 5.10 Å². The van der Waals surface area contributed by atoms with Gasteiger partial charge in [-0.05, 0) is 36.6 Å². The molecular weight excluding hydrogens is 370 g/mol. The van der Waals surface area contributed by atoms with Gasteiger partial charge < -0.3 is 11.1 Å². The number of nitrogens with one attached hydrogen (secondary N) is 3. The fourth-order valence-corrected chi connectivity index (χ4v) is 3.74. The highest BCUT2D eigenvalue weighted by Gasteiger charge is 2.20. The first kappa shape index (κ1) is 20.7. The third-order valence-electron chi connectivity index (χ3n) is 3.92. The largest absolute Gasteiger partial charge is 0.329 e. The maximum absolute atomic E-state index is 12.7. The Labute approximate surface area is 157 Å². The molecule has 0 aliphatic rings. The van der Waals surface area contributed by atoms with Crippen molar-refractivity contribution >= 4 is 21.6 Å². The number of hydrogen-bond acceptors (Lipinski definition) is 6. The molecule has 0 aliphatic heterocycles. The van der Waals surface area contributed by atoms with E-state index in [1.165, 1.54) is 18.2 Å². The lowest BCUT2D eigenvalue weighted by molar-refractivity contribution is 0.102. The van der Waals surface area contributed by atoms with E-state index >= 15 is 0 Å². The molecule has 0 saturated carbocycles. The molecule has 0 bridgehead atoms. The van der Waals surface area contributed by atoms with Gasteiger partial charge >= 0.3 is 0 Å². The maximum atomic E-state index is 12.7. The third-order valence-corrected chi connectivity index (χ3v) is 5.38. The smallest absolute Gasteiger partial charge is 0.277 e. The van der Waals surface area contributed by atoms with E-state index < -0.39 is 21.5 Å². The molecule has 9 nitrogen and oxygen atoms in total. The summed E-state index contributed by atoms with van der Waals surface area (Å²) in [6, 6.07) is 5.77. The van der Waals surface area contributed by atoms with Crippen molar-refractivity contribution in [3.63, 3.8) is 0 Å². The Bertz CT molecular complexity index is 985. The highest BCUT2D eigenvalue weighted by Crippen LogP contribution is 2.17. The van der Waals surface area contributed by atoms with Crippen LogP contribution in [0.3, 0.4) is 0 Å². The Kier molecular flexibility index (Phi) is 6.83. The summed E-state index contributed by atoms with van der Waals surface area (Å²) in [6.45, 7) is 3.98. The van der Waals surface area contributed by atoms with Gasteiger partial charge in [-0.15, -0.1) is 0 Å². The Hall–Kier alpha value is -2.56. The molecule has 2 aromatic rings. The van der Waals surface area contributed by atoms with E-state index in [-0.39, 0.29) is 29.2 Å². The molecule has 10 heteroatoms. The normalized spacial score (nSPS) is 11.4. The fraction of sp³-hybridized carbons (Fsp3) is 0.353. The van der Waals surface area contributed by atoms with E-state index in [1.807, 2.05) is 13.8 Å². The summed E-state index contributed by atoms with van der Waals surface area (Å²) in [5.41, 5.74) is 6.19. The summed E-state index contributed by atoms with van der Waals surface area (Å²) in [4.78, 5) is 24.8. The number of aromatic nitrogens is 2. The van der Waals surface area contributed by atoms with Crippen LogP contribution in [0.4, 0.5) is 5.69 Å². The van der Waals surface area contributed by atoms with E-state index in [2.05, 4.69) is 20.2 Å². The predicted octanol–water partition coefficient (Wildman–Crippen LogP) is 0.384. The number of anilines is 1. The van der Waals surface area contributed by atoms with E-state index in [0.717, 1.165) is 0 Å². The summed E-state index contributed by atoms with van der Waals surface area (Å²) in [7, 11) is -3.74. The molecular formula is C17H23N5O4S. The van der Waals surface area contributed by atoms with Crippen LogP contribution in [-0.4, -0.2) is 37.6 Å². The molecule has 0 saturated heterocycles. The number of aromatic amines is 1. The van der Waals surface area contributed by atoms with Gasteiger partial charge in [0.2, 0.25) is 10.0 Å². The molecule has 2 rings (SSSR count). The molecule has 1 amide bonds. The summed E-state index contributed by atoms with van der Waals surface area (Å²) in [6.07, 6.45) is 1.04. The molecule has 27 heavy (non-hydrogen) atoms. The number of rotatable bonds is 8. The zero-order valence-corrected chi connectivity index (χ0v) is 16.0. The Balaban J connectivity index is 2.35. The molecule has 0 fully saturated rings. The first-order chi connectivity index (χ1) is 12.8. The lowest BCUT2D eigenvalue weighted by Crippen LogP contribution is -2.29. The molecule has 0 spiro atoms. The van der Waals surface area contributed by atoms with E-state index in [9.17, 15) is 18.0 Å². The second kappa shape index (κ2) is 8.89. The monoisotopic (exact) mass is 393 g/mol. The number of H-pyrrole nitrogens is 1. The van der Waals surface area contributed by atoms with Crippen LogP contribution in [0, 0.1) is 0 Å². The number of benzene rings is 1. The minimum Gasteiger partial charge on any atom is -0.329 e. The van der Waals surface area contributed by atoms with Crippen LogP contribution in [0.15, 0.2) is 34.0 Å². The van der Waals surface area contributed by atoms with Crippen molar-refractivity contribution in [2.75, 3.05) is 18.4 Å². The number of nitrogens with two attached hydrogens (primary N) is 1. The topological polar surface area (TPSA) is 147 Å². The van der Waals surface area contributed by atoms with Crippen LogP contribution >= 0.6 is 0 Å².